The number of ether oxygens (including phenoxy) is 1. The number of carboxylic acids is 1. The topological polar surface area (TPSA) is 75.4 Å². The molecule has 0 fully saturated rings. The van der Waals surface area contributed by atoms with Crippen molar-refractivity contribution in [2.45, 2.75) is 19.4 Å². The highest BCUT2D eigenvalue weighted by Gasteiger charge is 2.08. The molecule has 0 aliphatic carbocycles. The summed E-state index contributed by atoms with van der Waals surface area (Å²) in [6, 6.07) is 6.55. The summed E-state index contributed by atoms with van der Waals surface area (Å²) in [5, 5.41) is 10.5. The van der Waals surface area contributed by atoms with Crippen LogP contribution in [0.2, 0.25) is 0 Å². The normalized spacial score (nSPS) is 12.1. The first-order valence-corrected chi connectivity index (χ1v) is 4.36. The molecule has 0 aromatic heterocycles. The molecule has 1 atom stereocenters. The van der Waals surface area contributed by atoms with Crippen molar-refractivity contribution in [1.82, 2.24) is 0 Å². The third-order valence-corrected chi connectivity index (χ3v) is 1.79. The largest absolute Gasteiger partial charge is 0.546 e. The Bertz CT molecular complexity index is 308. The zero-order valence-electron chi connectivity index (χ0n) is 7.90. The van der Waals surface area contributed by atoms with Gasteiger partial charge in [-0.15, -0.1) is 0 Å². The summed E-state index contributed by atoms with van der Waals surface area (Å²) in [6.07, 6.45) is -0.536. The van der Waals surface area contributed by atoms with Crippen molar-refractivity contribution in [3.8, 4) is 5.75 Å². The number of anilines is 1. The Kier molecular flexibility index (Phi) is 3.34. The standard InChI is InChI=1S/C10H13NO3/c1-2-9(10(12)13)14-8-5-3-7(11)4-6-8/h3-6,9H,2,11H2,1H3,(H,12,13)/p-1/t9-/m1/s1. The molecule has 0 bridgehead atoms. The second kappa shape index (κ2) is 4.50. The molecule has 2 N–H and O–H groups in total. The molecule has 1 aromatic rings. The van der Waals surface area contributed by atoms with Gasteiger partial charge in [-0.05, 0) is 30.7 Å². The number of carbonyl (C=O) groups is 1. The van der Waals surface area contributed by atoms with Gasteiger partial charge in [0, 0.05) is 5.69 Å². The van der Waals surface area contributed by atoms with Gasteiger partial charge >= 0.3 is 0 Å². The molecule has 4 heteroatoms. The van der Waals surface area contributed by atoms with Crippen LogP contribution >= 0.6 is 0 Å². The number of aliphatic carboxylic acids is 1. The molecule has 0 saturated heterocycles. The molecule has 1 rings (SSSR count). The van der Waals surface area contributed by atoms with Gasteiger partial charge in [-0.3, -0.25) is 0 Å². The van der Waals surface area contributed by atoms with Crippen LogP contribution in [-0.4, -0.2) is 12.1 Å². The van der Waals surface area contributed by atoms with Gasteiger partial charge in [0.2, 0.25) is 0 Å². The molecule has 0 aliphatic heterocycles. The van der Waals surface area contributed by atoms with Crippen molar-refractivity contribution in [3.63, 3.8) is 0 Å². The third kappa shape index (κ3) is 2.65. The molecule has 0 unspecified atom stereocenters. The first kappa shape index (κ1) is 10.4. The Morgan fingerprint density at radius 3 is 2.50 bits per heavy atom. The predicted octanol–water partition coefficient (Wildman–Crippen LogP) is 0.176. The molecule has 0 amide bonds. The van der Waals surface area contributed by atoms with E-state index in [-0.39, 0.29) is 0 Å². The highest BCUT2D eigenvalue weighted by atomic mass is 16.5. The maximum absolute atomic E-state index is 10.5. The van der Waals surface area contributed by atoms with Gasteiger partial charge in [0.15, 0.2) is 0 Å². The molecule has 0 saturated carbocycles. The molecular weight excluding hydrogens is 182 g/mol. The maximum atomic E-state index is 10.5. The smallest absolute Gasteiger partial charge is 0.138 e. The molecule has 14 heavy (non-hydrogen) atoms. The second-order valence-electron chi connectivity index (χ2n) is 2.90. The summed E-state index contributed by atoms with van der Waals surface area (Å²) < 4.78 is 5.16. The first-order valence-electron chi connectivity index (χ1n) is 4.36. The third-order valence-electron chi connectivity index (χ3n) is 1.79. The lowest BCUT2D eigenvalue weighted by Gasteiger charge is -2.18. The van der Waals surface area contributed by atoms with E-state index in [2.05, 4.69) is 0 Å². The Morgan fingerprint density at radius 1 is 1.50 bits per heavy atom. The zero-order chi connectivity index (χ0) is 10.6. The lowest BCUT2D eigenvalue weighted by Crippen LogP contribution is -2.39. The number of benzene rings is 1. The van der Waals surface area contributed by atoms with Gasteiger partial charge < -0.3 is 20.4 Å². The molecule has 0 aliphatic rings. The molecule has 76 valence electrons. The van der Waals surface area contributed by atoms with Gasteiger partial charge in [-0.25, -0.2) is 0 Å². The van der Waals surface area contributed by atoms with E-state index in [4.69, 9.17) is 10.5 Å². The highest BCUT2D eigenvalue weighted by molar-refractivity contribution is 5.70. The lowest BCUT2D eigenvalue weighted by atomic mass is 10.2. The van der Waals surface area contributed by atoms with Gasteiger partial charge in [0.05, 0.1) is 5.97 Å². The van der Waals surface area contributed by atoms with Crippen LogP contribution in [0.5, 0.6) is 5.75 Å². The lowest BCUT2D eigenvalue weighted by molar-refractivity contribution is -0.313. The van der Waals surface area contributed by atoms with Gasteiger partial charge in [0.1, 0.15) is 11.9 Å². The van der Waals surface area contributed by atoms with Gasteiger partial charge in [0.25, 0.3) is 0 Å². The molecule has 0 heterocycles. The van der Waals surface area contributed by atoms with Crippen LogP contribution in [-0.2, 0) is 4.79 Å². The number of nitrogens with two attached hydrogens (primary N) is 1. The first-order chi connectivity index (χ1) is 6.63. The minimum absolute atomic E-state index is 0.368. The number of nitrogen functional groups attached to an aromatic ring is 1. The van der Waals surface area contributed by atoms with Crippen LogP contribution in [0.4, 0.5) is 5.69 Å². The minimum Gasteiger partial charge on any atom is -0.546 e. The van der Waals surface area contributed by atoms with Crippen LogP contribution in [0.25, 0.3) is 0 Å². The van der Waals surface area contributed by atoms with E-state index in [0.29, 0.717) is 17.9 Å². The number of hydrogen-bond donors (Lipinski definition) is 1. The second-order valence-corrected chi connectivity index (χ2v) is 2.90. The number of carbonyl (C=O) groups excluding carboxylic acids is 1. The van der Waals surface area contributed by atoms with E-state index < -0.39 is 12.1 Å². The van der Waals surface area contributed by atoms with Crippen molar-refractivity contribution in [2.24, 2.45) is 0 Å². The fraction of sp³-hybridized carbons (Fsp3) is 0.300. The Balaban J connectivity index is 2.67. The molecule has 0 radical (unpaired) electrons. The fourth-order valence-corrected chi connectivity index (χ4v) is 1.01. The van der Waals surface area contributed by atoms with E-state index >= 15 is 0 Å². The molecule has 0 spiro atoms. The highest BCUT2D eigenvalue weighted by Crippen LogP contribution is 2.15. The summed E-state index contributed by atoms with van der Waals surface area (Å²) in [5.74, 6) is -0.723. The number of carboxylic acid groups (broad SMARTS) is 1. The van der Waals surface area contributed by atoms with Crippen LogP contribution in [0.3, 0.4) is 0 Å². The number of hydrogen-bond acceptors (Lipinski definition) is 4. The van der Waals surface area contributed by atoms with E-state index in [1.807, 2.05) is 0 Å². The van der Waals surface area contributed by atoms with Crippen molar-refractivity contribution in [1.29, 1.82) is 0 Å². The van der Waals surface area contributed by atoms with E-state index in [1.54, 1.807) is 31.2 Å². The Labute approximate surface area is 82.3 Å². The van der Waals surface area contributed by atoms with E-state index in [0.717, 1.165) is 0 Å². The zero-order valence-corrected chi connectivity index (χ0v) is 7.90. The van der Waals surface area contributed by atoms with Gasteiger partial charge in [-0.1, -0.05) is 6.92 Å². The van der Waals surface area contributed by atoms with Crippen molar-refractivity contribution in [2.75, 3.05) is 5.73 Å². The summed E-state index contributed by atoms with van der Waals surface area (Å²) >= 11 is 0. The van der Waals surface area contributed by atoms with Crippen LogP contribution in [0, 0.1) is 0 Å². The van der Waals surface area contributed by atoms with Crippen LogP contribution < -0.4 is 15.6 Å². The van der Waals surface area contributed by atoms with Gasteiger partial charge in [-0.2, -0.15) is 0 Å². The number of rotatable bonds is 4. The average molecular weight is 194 g/mol. The van der Waals surface area contributed by atoms with Crippen LogP contribution in [0.1, 0.15) is 13.3 Å². The quantitative estimate of drug-likeness (QED) is 0.693. The van der Waals surface area contributed by atoms with Crippen molar-refractivity contribution < 1.29 is 14.6 Å². The molecular formula is C10H12NO3-. The predicted molar refractivity (Wildman–Crippen MR) is 50.6 cm³/mol. The monoisotopic (exact) mass is 194 g/mol. The van der Waals surface area contributed by atoms with Crippen molar-refractivity contribution in [3.05, 3.63) is 24.3 Å². The van der Waals surface area contributed by atoms with E-state index in [9.17, 15) is 9.90 Å². The SMILES string of the molecule is CC[C@@H](Oc1ccc(N)cc1)C(=O)[O-]. The average Bonchev–Trinajstić information content (AvgIpc) is 2.16. The van der Waals surface area contributed by atoms with Crippen LogP contribution in [0.15, 0.2) is 24.3 Å². The van der Waals surface area contributed by atoms with E-state index in [1.165, 1.54) is 0 Å². The molecule has 1 aromatic carbocycles. The Hall–Kier alpha value is -1.71. The molecule has 4 nitrogen and oxygen atoms in total. The Morgan fingerprint density at radius 2 is 2.07 bits per heavy atom. The maximum Gasteiger partial charge on any atom is 0.138 e. The summed E-state index contributed by atoms with van der Waals surface area (Å²) in [4.78, 5) is 10.5. The van der Waals surface area contributed by atoms with Crippen molar-refractivity contribution >= 4 is 11.7 Å². The summed E-state index contributed by atoms with van der Waals surface area (Å²) in [5.41, 5.74) is 6.08. The minimum atomic E-state index is -1.20. The summed E-state index contributed by atoms with van der Waals surface area (Å²) in [7, 11) is 0. The summed E-state index contributed by atoms with van der Waals surface area (Å²) in [6.45, 7) is 1.72. The fourth-order valence-electron chi connectivity index (χ4n) is 1.01.